The van der Waals surface area contributed by atoms with Gasteiger partial charge in [-0.15, -0.1) is 0 Å². The molecular formula is C18H18N4O12. The van der Waals surface area contributed by atoms with Gasteiger partial charge in [0.15, 0.2) is 5.69 Å². The number of aliphatic hydroxyl groups excluding tert-OH is 4. The van der Waals surface area contributed by atoms with Crippen molar-refractivity contribution in [3.8, 4) is 5.75 Å². The Kier molecular flexibility index (Phi) is 7.18. The van der Waals surface area contributed by atoms with Crippen LogP contribution in [0.2, 0.25) is 0 Å². The zero-order valence-electron chi connectivity index (χ0n) is 17.0. The van der Waals surface area contributed by atoms with Gasteiger partial charge in [0, 0.05) is 5.69 Å². The number of anilines is 2. The topological polar surface area (TPSA) is 241 Å². The average Bonchev–Trinajstić information content (AvgIpc) is 2.80. The number of non-ortho nitro benzene ring substituents is 1. The van der Waals surface area contributed by atoms with E-state index in [0.29, 0.717) is 12.1 Å². The summed E-state index contributed by atoms with van der Waals surface area (Å²) in [6.07, 6.45) is -7.51. The Morgan fingerprint density at radius 2 is 1.44 bits per heavy atom. The van der Waals surface area contributed by atoms with Crippen LogP contribution in [0.4, 0.5) is 28.4 Å². The number of rotatable bonds is 8. The van der Waals surface area contributed by atoms with Crippen LogP contribution in [0.1, 0.15) is 0 Å². The van der Waals surface area contributed by atoms with E-state index in [2.05, 4.69) is 5.32 Å². The highest BCUT2D eigenvalue weighted by molar-refractivity contribution is 5.81. The second-order valence-electron chi connectivity index (χ2n) is 7.09. The summed E-state index contributed by atoms with van der Waals surface area (Å²) < 4.78 is 10.6. The van der Waals surface area contributed by atoms with Crippen LogP contribution in [-0.2, 0) is 4.74 Å². The Bertz CT molecular complexity index is 1060. The predicted octanol–water partition coefficient (Wildman–Crippen LogP) is 0.333. The van der Waals surface area contributed by atoms with Crippen LogP contribution in [0.3, 0.4) is 0 Å². The minimum Gasteiger partial charge on any atom is -0.462 e. The molecule has 0 spiro atoms. The molecule has 1 fully saturated rings. The molecule has 3 rings (SSSR count). The quantitative estimate of drug-likeness (QED) is 0.252. The van der Waals surface area contributed by atoms with Crippen molar-refractivity contribution in [3.63, 3.8) is 0 Å². The lowest BCUT2D eigenvalue weighted by atomic mass is 9.99. The van der Waals surface area contributed by atoms with Gasteiger partial charge in [-0.3, -0.25) is 30.3 Å². The van der Waals surface area contributed by atoms with Gasteiger partial charge in [-0.25, -0.2) is 0 Å². The Hall–Kier alpha value is -3.96. The van der Waals surface area contributed by atoms with E-state index in [4.69, 9.17) is 9.47 Å². The van der Waals surface area contributed by atoms with Gasteiger partial charge in [0.25, 0.3) is 5.69 Å². The largest absolute Gasteiger partial charge is 0.462 e. The van der Waals surface area contributed by atoms with Crippen molar-refractivity contribution in [1.29, 1.82) is 0 Å². The summed E-state index contributed by atoms with van der Waals surface area (Å²) in [5.74, 6) is 0.0718. The zero-order chi connectivity index (χ0) is 25.2. The van der Waals surface area contributed by atoms with Crippen LogP contribution >= 0.6 is 0 Å². The maximum atomic E-state index is 11.4. The number of nitro groups is 3. The molecule has 182 valence electrons. The normalized spacial score (nSPS) is 24.3. The van der Waals surface area contributed by atoms with E-state index in [9.17, 15) is 50.8 Å². The van der Waals surface area contributed by atoms with E-state index < -0.39 is 74.8 Å². The van der Waals surface area contributed by atoms with Gasteiger partial charge in [0.2, 0.25) is 6.29 Å². The fourth-order valence-electron chi connectivity index (χ4n) is 3.18. The monoisotopic (exact) mass is 482 g/mol. The van der Waals surface area contributed by atoms with Gasteiger partial charge in [0.05, 0.1) is 33.5 Å². The molecule has 2 aromatic rings. The molecule has 0 aromatic heterocycles. The maximum absolute atomic E-state index is 11.4. The standard InChI is InChI=1S/C18H18N4O12/c23-7-13-15(24)16(25)17(26)18(34-13)33-10-3-1-8(2-4-10)19-14-11(21(29)30)5-9(20(27)28)6-12(14)22(31)32/h1-6,13,15-19,23-26H,7H2/t13-,15-,16+,17-,18+/m1/s1. The molecule has 0 unspecified atom stereocenters. The molecule has 1 saturated heterocycles. The van der Waals surface area contributed by atoms with Crippen molar-refractivity contribution in [2.45, 2.75) is 30.7 Å². The van der Waals surface area contributed by atoms with Gasteiger partial charge in [-0.1, -0.05) is 0 Å². The highest BCUT2D eigenvalue weighted by Gasteiger charge is 2.44. The summed E-state index contributed by atoms with van der Waals surface area (Å²) in [5.41, 5.74) is -3.07. The minimum absolute atomic E-state index is 0.0718. The number of hydrogen-bond donors (Lipinski definition) is 5. The predicted molar refractivity (Wildman–Crippen MR) is 111 cm³/mol. The highest BCUT2D eigenvalue weighted by Crippen LogP contribution is 2.40. The van der Waals surface area contributed by atoms with Crippen LogP contribution in [0.25, 0.3) is 0 Å². The molecule has 1 aliphatic rings. The molecule has 1 heterocycles. The third kappa shape index (κ3) is 5.00. The number of nitrogens with one attached hydrogen (secondary N) is 1. The lowest BCUT2D eigenvalue weighted by Gasteiger charge is -2.39. The van der Waals surface area contributed by atoms with E-state index in [1.165, 1.54) is 24.3 Å². The van der Waals surface area contributed by atoms with Crippen LogP contribution in [-0.4, -0.2) is 72.5 Å². The zero-order valence-corrected chi connectivity index (χ0v) is 17.0. The first kappa shape index (κ1) is 24.7. The summed E-state index contributed by atoms with van der Waals surface area (Å²) in [5, 5.41) is 75.1. The van der Waals surface area contributed by atoms with E-state index in [-0.39, 0.29) is 11.4 Å². The molecule has 0 amide bonds. The summed E-state index contributed by atoms with van der Waals surface area (Å²) in [6.45, 7) is -0.652. The minimum atomic E-state index is -1.65. The Labute approximate surface area is 189 Å². The molecule has 0 aliphatic carbocycles. The Morgan fingerprint density at radius 1 is 0.882 bits per heavy atom. The molecule has 16 heteroatoms. The van der Waals surface area contributed by atoms with Gasteiger partial charge in [-0.05, 0) is 24.3 Å². The van der Waals surface area contributed by atoms with Crippen molar-refractivity contribution in [2.75, 3.05) is 11.9 Å². The second kappa shape index (κ2) is 9.89. The fraction of sp³-hybridized carbons (Fsp3) is 0.333. The molecule has 5 N–H and O–H groups in total. The first-order valence-electron chi connectivity index (χ1n) is 9.49. The van der Waals surface area contributed by atoms with Gasteiger partial charge in [0.1, 0.15) is 30.2 Å². The number of nitrogens with zero attached hydrogens (tertiary/aromatic N) is 3. The maximum Gasteiger partial charge on any atom is 0.306 e. The fourth-order valence-corrected chi connectivity index (χ4v) is 3.18. The van der Waals surface area contributed by atoms with Crippen LogP contribution in [0.15, 0.2) is 36.4 Å². The molecule has 34 heavy (non-hydrogen) atoms. The number of aliphatic hydroxyl groups is 4. The first-order valence-corrected chi connectivity index (χ1v) is 9.49. The molecule has 0 bridgehead atoms. The van der Waals surface area contributed by atoms with Crippen LogP contribution in [0.5, 0.6) is 5.75 Å². The Balaban J connectivity index is 1.84. The lowest BCUT2D eigenvalue weighted by Crippen LogP contribution is -2.60. The lowest BCUT2D eigenvalue weighted by molar-refractivity contribution is -0.401. The second-order valence-corrected chi connectivity index (χ2v) is 7.09. The molecule has 16 nitrogen and oxygen atoms in total. The molecule has 0 saturated carbocycles. The number of benzene rings is 2. The summed E-state index contributed by atoms with van der Waals surface area (Å²) in [7, 11) is 0. The van der Waals surface area contributed by atoms with Crippen molar-refractivity contribution in [1.82, 2.24) is 0 Å². The number of ether oxygens (including phenoxy) is 2. The number of hydrogen-bond acceptors (Lipinski definition) is 13. The Morgan fingerprint density at radius 3 is 1.91 bits per heavy atom. The van der Waals surface area contributed by atoms with Crippen molar-refractivity contribution >= 4 is 28.4 Å². The van der Waals surface area contributed by atoms with Crippen LogP contribution in [0, 0.1) is 30.3 Å². The summed E-state index contributed by atoms with van der Waals surface area (Å²) in [6, 6.07) is 6.37. The van der Waals surface area contributed by atoms with Gasteiger partial charge in [-0.2, -0.15) is 0 Å². The highest BCUT2D eigenvalue weighted by atomic mass is 16.7. The van der Waals surface area contributed by atoms with E-state index in [1.807, 2.05) is 0 Å². The number of nitro benzene ring substituents is 3. The molecular weight excluding hydrogens is 464 g/mol. The summed E-state index contributed by atoms with van der Waals surface area (Å²) in [4.78, 5) is 30.7. The SMILES string of the molecule is O=[N+]([O-])c1cc([N+](=O)[O-])c(Nc2ccc(O[C@H]3O[C@H](CO)[C@@H](O)[C@H](O)[C@H]3O)cc2)c([N+](=O)[O-])c1. The van der Waals surface area contributed by atoms with E-state index in [1.54, 1.807) is 0 Å². The van der Waals surface area contributed by atoms with Crippen LogP contribution < -0.4 is 10.1 Å². The van der Waals surface area contributed by atoms with Crippen molar-refractivity contribution < 1.29 is 44.7 Å². The first-order chi connectivity index (χ1) is 16.0. The third-order valence-electron chi connectivity index (χ3n) is 4.91. The molecule has 2 aromatic carbocycles. The van der Waals surface area contributed by atoms with E-state index in [0.717, 1.165) is 0 Å². The molecule has 1 aliphatic heterocycles. The molecule has 5 atom stereocenters. The van der Waals surface area contributed by atoms with Crippen molar-refractivity contribution in [3.05, 3.63) is 66.7 Å². The van der Waals surface area contributed by atoms with Gasteiger partial charge >= 0.3 is 11.4 Å². The summed E-state index contributed by atoms with van der Waals surface area (Å²) >= 11 is 0. The van der Waals surface area contributed by atoms with Gasteiger partial charge < -0.3 is 35.2 Å². The average molecular weight is 482 g/mol. The molecule has 0 radical (unpaired) electrons. The van der Waals surface area contributed by atoms with Crippen molar-refractivity contribution in [2.24, 2.45) is 0 Å². The van der Waals surface area contributed by atoms with E-state index >= 15 is 0 Å². The third-order valence-corrected chi connectivity index (χ3v) is 4.91. The smallest absolute Gasteiger partial charge is 0.306 e.